The van der Waals surface area contributed by atoms with Gasteiger partial charge in [0.1, 0.15) is 11.9 Å². The summed E-state index contributed by atoms with van der Waals surface area (Å²) in [6.45, 7) is 2.62. The first-order valence-electron chi connectivity index (χ1n) is 7.79. The van der Waals surface area contributed by atoms with E-state index in [2.05, 4.69) is 0 Å². The Labute approximate surface area is 121 Å². The van der Waals surface area contributed by atoms with Gasteiger partial charge >= 0.3 is 0 Å². The van der Waals surface area contributed by atoms with Crippen molar-refractivity contribution in [2.75, 3.05) is 6.61 Å². The van der Waals surface area contributed by atoms with Crippen LogP contribution in [0.4, 0.5) is 0 Å². The summed E-state index contributed by atoms with van der Waals surface area (Å²) >= 11 is 0. The number of hydrogen-bond donors (Lipinski definition) is 2. The third-order valence-electron chi connectivity index (χ3n) is 4.19. The number of ether oxygens (including phenoxy) is 1. The second-order valence-electron chi connectivity index (χ2n) is 5.81. The Hall–Kier alpha value is -1.06. The summed E-state index contributed by atoms with van der Waals surface area (Å²) in [5.74, 6) is 1.45. The van der Waals surface area contributed by atoms with Crippen LogP contribution in [0.25, 0.3) is 0 Å². The summed E-state index contributed by atoms with van der Waals surface area (Å²) < 4.78 is 5.86. The molecule has 1 aromatic rings. The van der Waals surface area contributed by atoms with Gasteiger partial charge in [0.2, 0.25) is 0 Å². The molecule has 1 fully saturated rings. The summed E-state index contributed by atoms with van der Waals surface area (Å²) in [5.41, 5.74) is 0.723. The van der Waals surface area contributed by atoms with Gasteiger partial charge in [-0.1, -0.05) is 38.3 Å². The fourth-order valence-electron chi connectivity index (χ4n) is 2.80. The zero-order valence-electron chi connectivity index (χ0n) is 12.3. The number of hydrogen-bond acceptors (Lipinski definition) is 3. The Balaban J connectivity index is 1.91. The summed E-state index contributed by atoms with van der Waals surface area (Å²) in [4.78, 5) is 0. The zero-order chi connectivity index (χ0) is 14.4. The lowest BCUT2D eigenvalue weighted by Gasteiger charge is -2.22. The Morgan fingerprint density at radius 3 is 2.65 bits per heavy atom. The van der Waals surface area contributed by atoms with Crippen molar-refractivity contribution in [3.8, 4) is 5.75 Å². The Bertz CT molecular complexity index is 399. The lowest BCUT2D eigenvalue weighted by molar-refractivity contribution is 0.0163. The number of aliphatic hydroxyl groups is 2. The second-order valence-corrected chi connectivity index (χ2v) is 5.81. The van der Waals surface area contributed by atoms with Gasteiger partial charge in [0.25, 0.3) is 0 Å². The maximum absolute atomic E-state index is 10.0. The topological polar surface area (TPSA) is 49.7 Å². The molecule has 0 aliphatic heterocycles. The molecule has 0 bridgehead atoms. The molecule has 0 heterocycles. The van der Waals surface area contributed by atoms with Crippen LogP contribution in [0, 0.1) is 5.92 Å². The molecule has 20 heavy (non-hydrogen) atoms. The Morgan fingerprint density at radius 2 is 1.95 bits per heavy atom. The van der Waals surface area contributed by atoms with Crippen LogP contribution in [0.1, 0.15) is 57.1 Å². The lowest BCUT2D eigenvalue weighted by atomic mass is 9.90. The van der Waals surface area contributed by atoms with Crippen molar-refractivity contribution < 1.29 is 14.9 Å². The van der Waals surface area contributed by atoms with E-state index in [0.29, 0.717) is 12.3 Å². The van der Waals surface area contributed by atoms with E-state index in [9.17, 15) is 10.2 Å². The quantitative estimate of drug-likeness (QED) is 0.838. The molecule has 2 rings (SSSR count). The molecule has 3 heteroatoms. The van der Waals surface area contributed by atoms with E-state index < -0.39 is 12.2 Å². The van der Waals surface area contributed by atoms with E-state index in [-0.39, 0.29) is 0 Å². The fraction of sp³-hybridized carbons (Fsp3) is 0.647. The average Bonchev–Trinajstić information content (AvgIpc) is 2.52. The molecule has 1 aliphatic carbocycles. The normalized spacial score (nSPS) is 19.6. The molecule has 112 valence electrons. The van der Waals surface area contributed by atoms with Crippen LogP contribution >= 0.6 is 0 Å². The van der Waals surface area contributed by atoms with Gasteiger partial charge in [0.15, 0.2) is 0 Å². The highest BCUT2D eigenvalue weighted by Crippen LogP contribution is 2.26. The number of benzene rings is 1. The number of rotatable bonds is 6. The van der Waals surface area contributed by atoms with Crippen LogP contribution in [0.15, 0.2) is 24.3 Å². The number of aliphatic hydroxyl groups excluding tert-OH is 2. The van der Waals surface area contributed by atoms with Gasteiger partial charge in [0, 0.05) is 0 Å². The average molecular weight is 278 g/mol. The van der Waals surface area contributed by atoms with Crippen molar-refractivity contribution in [3.05, 3.63) is 29.8 Å². The summed E-state index contributed by atoms with van der Waals surface area (Å²) in [6.07, 6.45) is 5.49. The van der Waals surface area contributed by atoms with Gasteiger partial charge in [-0.2, -0.15) is 0 Å². The minimum atomic E-state index is -0.835. The van der Waals surface area contributed by atoms with Gasteiger partial charge in [0.05, 0.1) is 12.7 Å². The maximum atomic E-state index is 10.0. The van der Waals surface area contributed by atoms with Crippen molar-refractivity contribution in [1.82, 2.24) is 0 Å². The van der Waals surface area contributed by atoms with Gasteiger partial charge < -0.3 is 14.9 Å². The van der Waals surface area contributed by atoms with Gasteiger partial charge in [-0.25, -0.2) is 0 Å². The predicted octanol–water partition coefficient (Wildman–Crippen LogP) is 3.45. The van der Waals surface area contributed by atoms with E-state index in [0.717, 1.165) is 17.9 Å². The maximum Gasteiger partial charge on any atom is 0.119 e. The third-order valence-corrected chi connectivity index (χ3v) is 4.19. The Morgan fingerprint density at radius 1 is 1.20 bits per heavy atom. The molecule has 3 nitrogen and oxygen atoms in total. The van der Waals surface area contributed by atoms with Crippen LogP contribution in [-0.2, 0) is 0 Å². The first-order valence-corrected chi connectivity index (χ1v) is 7.79. The minimum absolute atomic E-state index is 0.536. The molecular formula is C17H26O3. The molecule has 2 N–H and O–H groups in total. The molecule has 1 aromatic carbocycles. The lowest BCUT2D eigenvalue weighted by Crippen LogP contribution is -2.17. The minimum Gasteiger partial charge on any atom is -0.493 e. The Kier molecular flexibility index (Phi) is 5.86. The first-order chi connectivity index (χ1) is 9.70. The van der Waals surface area contributed by atoms with Gasteiger partial charge in [-0.3, -0.25) is 0 Å². The van der Waals surface area contributed by atoms with E-state index in [1.165, 1.54) is 32.1 Å². The fourth-order valence-corrected chi connectivity index (χ4v) is 2.80. The molecule has 0 radical (unpaired) electrons. The molecule has 2 atom stereocenters. The summed E-state index contributed by atoms with van der Waals surface area (Å²) in [5, 5.41) is 19.7. The van der Waals surface area contributed by atoms with Crippen molar-refractivity contribution in [3.63, 3.8) is 0 Å². The first kappa shape index (κ1) is 15.3. The standard InChI is InChI=1S/C17H26O3/c1-2-16(18)17(19)14-9-6-10-15(11-14)20-12-13-7-4-3-5-8-13/h6,9-11,13,16-19H,2-5,7-8,12H2,1H3/t16-,17-/m0/s1. The van der Waals surface area contributed by atoms with Gasteiger partial charge in [-0.05, 0) is 42.9 Å². The highest BCUT2D eigenvalue weighted by atomic mass is 16.5. The highest BCUT2D eigenvalue weighted by molar-refractivity contribution is 5.30. The van der Waals surface area contributed by atoms with Crippen LogP contribution in [-0.4, -0.2) is 22.9 Å². The monoisotopic (exact) mass is 278 g/mol. The van der Waals surface area contributed by atoms with E-state index >= 15 is 0 Å². The van der Waals surface area contributed by atoms with Gasteiger partial charge in [-0.15, -0.1) is 0 Å². The van der Waals surface area contributed by atoms with Crippen LogP contribution in [0.3, 0.4) is 0 Å². The molecule has 0 amide bonds. The molecule has 1 saturated carbocycles. The van der Waals surface area contributed by atoms with E-state index in [4.69, 9.17) is 4.74 Å². The summed E-state index contributed by atoms with van der Waals surface area (Å²) in [6, 6.07) is 7.46. The van der Waals surface area contributed by atoms with E-state index in [1.807, 2.05) is 31.2 Å². The van der Waals surface area contributed by atoms with Crippen molar-refractivity contribution in [2.24, 2.45) is 5.92 Å². The highest BCUT2D eigenvalue weighted by Gasteiger charge is 2.17. The van der Waals surface area contributed by atoms with Crippen LogP contribution in [0.5, 0.6) is 5.75 Å². The van der Waals surface area contributed by atoms with Crippen LogP contribution < -0.4 is 4.74 Å². The third kappa shape index (κ3) is 4.22. The molecule has 0 unspecified atom stereocenters. The summed E-state index contributed by atoms with van der Waals surface area (Å²) in [7, 11) is 0. The molecular weight excluding hydrogens is 252 g/mol. The van der Waals surface area contributed by atoms with Crippen molar-refractivity contribution in [2.45, 2.75) is 57.7 Å². The van der Waals surface area contributed by atoms with E-state index in [1.54, 1.807) is 0 Å². The smallest absolute Gasteiger partial charge is 0.119 e. The van der Waals surface area contributed by atoms with Crippen molar-refractivity contribution >= 4 is 0 Å². The van der Waals surface area contributed by atoms with Crippen LogP contribution in [0.2, 0.25) is 0 Å². The predicted molar refractivity (Wildman–Crippen MR) is 79.8 cm³/mol. The molecule has 0 aromatic heterocycles. The second kappa shape index (κ2) is 7.65. The molecule has 1 aliphatic rings. The largest absolute Gasteiger partial charge is 0.493 e. The SMILES string of the molecule is CC[C@H](O)[C@@H](O)c1cccc(OCC2CCCCC2)c1. The molecule has 0 spiro atoms. The van der Waals surface area contributed by atoms with Crippen molar-refractivity contribution in [1.29, 1.82) is 0 Å². The molecule has 0 saturated heterocycles. The zero-order valence-corrected chi connectivity index (χ0v) is 12.3.